The first kappa shape index (κ1) is 11.7. The Morgan fingerprint density at radius 1 is 1.53 bits per heavy atom. The number of hydrogen-bond acceptors (Lipinski definition) is 4. The van der Waals surface area contributed by atoms with Crippen LogP contribution in [0.1, 0.15) is 17.1 Å². The minimum Gasteiger partial charge on any atom is -0.482 e. The van der Waals surface area contributed by atoms with Gasteiger partial charge in [0.05, 0.1) is 12.4 Å². The van der Waals surface area contributed by atoms with Crippen molar-refractivity contribution in [2.45, 2.75) is 20.1 Å². The fourth-order valence-corrected chi connectivity index (χ4v) is 1.65. The molecular weight excluding hydrogens is 218 g/mol. The molecule has 2 aromatic heterocycles. The third kappa shape index (κ3) is 2.88. The number of furan rings is 1. The van der Waals surface area contributed by atoms with Crippen LogP contribution in [0.2, 0.25) is 0 Å². The van der Waals surface area contributed by atoms with Crippen LogP contribution < -0.4 is 10.1 Å². The SMILES string of the molecule is CNCc1cc(COc2cnn(C)c2)oc1C. The fraction of sp³-hybridized carbons (Fsp3) is 0.417. The van der Waals surface area contributed by atoms with Gasteiger partial charge < -0.3 is 14.5 Å². The van der Waals surface area contributed by atoms with Gasteiger partial charge in [-0.25, -0.2) is 0 Å². The number of nitrogens with one attached hydrogen (secondary N) is 1. The highest BCUT2D eigenvalue weighted by Crippen LogP contribution is 2.17. The lowest BCUT2D eigenvalue weighted by atomic mass is 10.2. The number of ether oxygens (including phenoxy) is 1. The summed E-state index contributed by atoms with van der Waals surface area (Å²) in [5.41, 5.74) is 1.16. The average molecular weight is 235 g/mol. The first-order valence-corrected chi connectivity index (χ1v) is 5.53. The molecule has 0 saturated carbocycles. The maximum Gasteiger partial charge on any atom is 0.157 e. The molecule has 0 radical (unpaired) electrons. The van der Waals surface area contributed by atoms with Crippen LogP contribution in [0, 0.1) is 6.92 Å². The molecule has 5 nitrogen and oxygen atoms in total. The number of rotatable bonds is 5. The summed E-state index contributed by atoms with van der Waals surface area (Å²) < 4.78 is 12.9. The molecule has 92 valence electrons. The van der Waals surface area contributed by atoms with E-state index < -0.39 is 0 Å². The molecule has 17 heavy (non-hydrogen) atoms. The molecule has 0 aliphatic carbocycles. The van der Waals surface area contributed by atoms with Crippen molar-refractivity contribution in [3.05, 3.63) is 35.5 Å². The minimum absolute atomic E-state index is 0.427. The third-order valence-corrected chi connectivity index (χ3v) is 2.50. The lowest BCUT2D eigenvalue weighted by molar-refractivity contribution is 0.267. The zero-order chi connectivity index (χ0) is 12.3. The minimum atomic E-state index is 0.427. The topological polar surface area (TPSA) is 52.2 Å². The lowest BCUT2D eigenvalue weighted by Gasteiger charge is -1.98. The van der Waals surface area contributed by atoms with Gasteiger partial charge in [-0.05, 0) is 20.0 Å². The van der Waals surface area contributed by atoms with Gasteiger partial charge >= 0.3 is 0 Å². The van der Waals surface area contributed by atoms with Gasteiger partial charge in [-0.3, -0.25) is 4.68 Å². The first-order chi connectivity index (χ1) is 8.19. The van der Waals surface area contributed by atoms with E-state index in [0.29, 0.717) is 6.61 Å². The number of nitrogens with zero attached hydrogens (tertiary/aromatic N) is 2. The normalized spacial score (nSPS) is 10.8. The Bertz CT molecular complexity index is 488. The van der Waals surface area contributed by atoms with Crippen LogP contribution in [0.25, 0.3) is 0 Å². The monoisotopic (exact) mass is 235 g/mol. The van der Waals surface area contributed by atoms with E-state index >= 15 is 0 Å². The Labute approximate surface area is 100 Å². The Hall–Kier alpha value is -1.75. The summed E-state index contributed by atoms with van der Waals surface area (Å²) in [4.78, 5) is 0. The van der Waals surface area contributed by atoms with E-state index in [1.807, 2.05) is 33.3 Å². The zero-order valence-electron chi connectivity index (χ0n) is 10.4. The van der Waals surface area contributed by atoms with Gasteiger partial charge in [0.15, 0.2) is 5.75 Å². The number of aromatic nitrogens is 2. The van der Waals surface area contributed by atoms with Crippen LogP contribution in [-0.2, 0) is 20.2 Å². The van der Waals surface area contributed by atoms with Crippen molar-refractivity contribution < 1.29 is 9.15 Å². The van der Waals surface area contributed by atoms with E-state index in [1.54, 1.807) is 10.9 Å². The molecule has 0 saturated heterocycles. The molecule has 0 atom stereocenters. The van der Waals surface area contributed by atoms with Crippen molar-refractivity contribution in [2.75, 3.05) is 7.05 Å². The van der Waals surface area contributed by atoms with Crippen LogP contribution >= 0.6 is 0 Å². The molecule has 0 aliphatic rings. The van der Waals surface area contributed by atoms with E-state index in [4.69, 9.17) is 9.15 Å². The maximum absolute atomic E-state index is 5.60. The lowest BCUT2D eigenvalue weighted by Crippen LogP contribution is -2.04. The smallest absolute Gasteiger partial charge is 0.157 e. The molecule has 1 N–H and O–H groups in total. The van der Waals surface area contributed by atoms with Gasteiger partial charge in [0.2, 0.25) is 0 Å². The van der Waals surface area contributed by atoms with Crippen LogP contribution in [0.5, 0.6) is 5.75 Å². The maximum atomic E-state index is 5.60. The van der Waals surface area contributed by atoms with E-state index in [-0.39, 0.29) is 0 Å². The molecule has 0 fully saturated rings. The Morgan fingerprint density at radius 2 is 2.35 bits per heavy atom. The average Bonchev–Trinajstić information content (AvgIpc) is 2.84. The van der Waals surface area contributed by atoms with Gasteiger partial charge in [0.1, 0.15) is 18.1 Å². The summed E-state index contributed by atoms with van der Waals surface area (Å²) in [6, 6.07) is 2.02. The summed E-state index contributed by atoms with van der Waals surface area (Å²) >= 11 is 0. The summed E-state index contributed by atoms with van der Waals surface area (Å²) in [6.07, 6.45) is 3.51. The third-order valence-electron chi connectivity index (χ3n) is 2.50. The number of aryl methyl sites for hydroxylation is 2. The quantitative estimate of drug-likeness (QED) is 0.855. The van der Waals surface area contributed by atoms with Crippen molar-refractivity contribution in [3.8, 4) is 5.75 Å². The highest BCUT2D eigenvalue weighted by Gasteiger charge is 2.07. The van der Waals surface area contributed by atoms with E-state index in [1.165, 1.54) is 0 Å². The predicted octanol–water partition coefficient (Wildman–Crippen LogP) is 1.62. The Kier molecular flexibility index (Phi) is 3.49. The first-order valence-electron chi connectivity index (χ1n) is 5.53. The number of hydrogen-bond donors (Lipinski definition) is 1. The van der Waals surface area contributed by atoms with Crippen molar-refractivity contribution in [2.24, 2.45) is 7.05 Å². The zero-order valence-corrected chi connectivity index (χ0v) is 10.4. The fourth-order valence-electron chi connectivity index (χ4n) is 1.65. The van der Waals surface area contributed by atoms with Crippen molar-refractivity contribution in [3.63, 3.8) is 0 Å². The Balaban J connectivity index is 1.97. The standard InChI is InChI=1S/C12H17N3O2/c1-9-10(5-13-2)4-11(17-9)8-16-12-6-14-15(3)7-12/h4,6-7,13H,5,8H2,1-3H3. The molecule has 2 aromatic rings. The van der Waals surface area contributed by atoms with Gasteiger partial charge in [0, 0.05) is 19.2 Å². The van der Waals surface area contributed by atoms with Crippen LogP contribution in [0.15, 0.2) is 22.9 Å². The van der Waals surface area contributed by atoms with Crippen molar-refractivity contribution >= 4 is 0 Å². The van der Waals surface area contributed by atoms with Gasteiger partial charge in [-0.15, -0.1) is 0 Å². The van der Waals surface area contributed by atoms with Gasteiger partial charge in [-0.1, -0.05) is 0 Å². The summed E-state index contributed by atoms with van der Waals surface area (Å²) in [6.45, 7) is 3.19. The van der Waals surface area contributed by atoms with Crippen molar-refractivity contribution in [1.29, 1.82) is 0 Å². The molecule has 2 heterocycles. The second-order valence-electron chi connectivity index (χ2n) is 3.96. The highest BCUT2D eigenvalue weighted by atomic mass is 16.5. The molecule has 0 spiro atoms. The van der Waals surface area contributed by atoms with Crippen molar-refractivity contribution in [1.82, 2.24) is 15.1 Å². The van der Waals surface area contributed by atoms with E-state index in [9.17, 15) is 0 Å². The summed E-state index contributed by atoms with van der Waals surface area (Å²) in [7, 11) is 3.77. The summed E-state index contributed by atoms with van der Waals surface area (Å²) in [5.74, 6) is 2.51. The summed E-state index contributed by atoms with van der Waals surface area (Å²) in [5, 5.41) is 7.13. The molecule has 2 rings (SSSR count). The largest absolute Gasteiger partial charge is 0.482 e. The van der Waals surface area contributed by atoms with Crippen LogP contribution in [-0.4, -0.2) is 16.8 Å². The molecule has 0 aromatic carbocycles. The molecule has 5 heteroatoms. The van der Waals surface area contributed by atoms with Crippen LogP contribution in [0.4, 0.5) is 0 Å². The van der Waals surface area contributed by atoms with Crippen LogP contribution in [0.3, 0.4) is 0 Å². The molecule has 0 unspecified atom stereocenters. The highest BCUT2D eigenvalue weighted by molar-refractivity contribution is 5.21. The molecule has 0 bridgehead atoms. The van der Waals surface area contributed by atoms with E-state index in [2.05, 4.69) is 10.4 Å². The predicted molar refractivity (Wildman–Crippen MR) is 63.7 cm³/mol. The van der Waals surface area contributed by atoms with Gasteiger partial charge in [0.25, 0.3) is 0 Å². The van der Waals surface area contributed by atoms with E-state index in [0.717, 1.165) is 29.4 Å². The molecule has 0 amide bonds. The second kappa shape index (κ2) is 5.05. The Morgan fingerprint density at radius 3 is 3.00 bits per heavy atom. The van der Waals surface area contributed by atoms with Gasteiger partial charge in [-0.2, -0.15) is 5.10 Å². The second-order valence-corrected chi connectivity index (χ2v) is 3.96. The molecule has 0 aliphatic heterocycles. The molecular formula is C12H17N3O2.